The number of aliphatic hydroxyl groups is 1. The second-order valence-electron chi connectivity index (χ2n) is 5.62. The molecule has 3 heteroatoms. The highest BCUT2D eigenvalue weighted by Gasteiger charge is 2.28. The minimum absolute atomic E-state index is 0.293. The number of rotatable bonds is 3. The van der Waals surface area contributed by atoms with E-state index < -0.39 is 0 Å². The average molecular weight is 239 g/mol. The summed E-state index contributed by atoms with van der Waals surface area (Å²) in [6, 6.07) is 0. The zero-order valence-corrected chi connectivity index (χ0v) is 10.7. The molecule has 1 heterocycles. The minimum atomic E-state index is 0.293. The second kappa shape index (κ2) is 6.39. The molecule has 1 aliphatic heterocycles. The summed E-state index contributed by atoms with van der Waals surface area (Å²) in [7, 11) is 0. The fourth-order valence-electron chi connectivity index (χ4n) is 3.23. The van der Waals surface area contributed by atoms with Gasteiger partial charge in [-0.1, -0.05) is 19.3 Å². The SMILES string of the molecule is O=C(C1CCCCC1)N1CCC(CCO)CC1. The summed E-state index contributed by atoms with van der Waals surface area (Å²) in [6.45, 7) is 2.13. The number of carbonyl (C=O) groups excluding carboxylic acids is 1. The van der Waals surface area contributed by atoms with Crippen LogP contribution in [0.15, 0.2) is 0 Å². The largest absolute Gasteiger partial charge is 0.396 e. The molecule has 1 saturated heterocycles. The van der Waals surface area contributed by atoms with Gasteiger partial charge in [-0.25, -0.2) is 0 Å². The molecule has 1 N–H and O–H groups in total. The van der Waals surface area contributed by atoms with Crippen molar-refractivity contribution in [2.75, 3.05) is 19.7 Å². The normalized spacial score (nSPS) is 23.9. The van der Waals surface area contributed by atoms with Crippen molar-refractivity contribution < 1.29 is 9.90 Å². The lowest BCUT2D eigenvalue weighted by atomic mass is 9.87. The van der Waals surface area contributed by atoms with Crippen LogP contribution >= 0.6 is 0 Å². The van der Waals surface area contributed by atoms with Crippen molar-refractivity contribution in [3.8, 4) is 0 Å². The first kappa shape index (κ1) is 12.9. The molecule has 98 valence electrons. The number of carbonyl (C=O) groups is 1. The Balaban J connectivity index is 1.77. The van der Waals surface area contributed by atoms with E-state index in [4.69, 9.17) is 5.11 Å². The Morgan fingerprint density at radius 3 is 2.29 bits per heavy atom. The Morgan fingerprint density at radius 2 is 1.71 bits per heavy atom. The maximum Gasteiger partial charge on any atom is 0.225 e. The Bertz CT molecular complexity index is 241. The molecule has 0 atom stereocenters. The van der Waals surface area contributed by atoms with Crippen molar-refractivity contribution in [1.82, 2.24) is 4.90 Å². The summed E-state index contributed by atoms with van der Waals surface area (Å²) in [5, 5.41) is 8.92. The molecule has 2 aliphatic rings. The van der Waals surface area contributed by atoms with Crippen LogP contribution in [0.4, 0.5) is 0 Å². The molecule has 0 aromatic carbocycles. The van der Waals surface area contributed by atoms with Crippen molar-refractivity contribution in [2.24, 2.45) is 11.8 Å². The van der Waals surface area contributed by atoms with E-state index >= 15 is 0 Å². The van der Waals surface area contributed by atoms with E-state index in [0.717, 1.165) is 45.2 Å². The van der Waals surface area contributed by atoms with Crippen LogP contribution in [0.3, 0.4) is 0 Å². The highest BCUT2D eigenvalue weighted by molar-refractivity contribution is 5.79. The molecule has 0 bridgehead atoms. The van der Waals surface area contributed by atoms with Crippen LogP contribution in [-0.2, 0) is 4.79 Å². The van der Waals surface area contributed by atoms with E-state index in [0.29, 0.717) is 24.3 Å². The van der Waals surface area contributed by atoms with Crippen LogP contribution in [0.5, 0.6) is 0 Å². The molecular weight excluding hydrogens is 214 g/mol. The van der Waals surface area contributed by atoms with Crippen molar-refractivity contribution in [1.29, 1.82) is 0 Å². The molecule has 1 aliphatic carbocycles. The van der Waals surface area contributed by atoms with Gasteiger partial charge < -0.3 is 10.0 Å². The van der Waals surface area contributed by atoms with Gasteiger partial charge >= 0.3 is 0 Å². The Morgan fingerprint density at radius 1 is 1.06 bits per heavy atom. The van der Waals surface area contributed by atoms with Gasteiger partial charge in [-0.2, -0.15) is 0 Å². The molecule has 2 rings (SSSR count). The summed E-state index contributed by atoms with van der Waals surface area (Å²) in [4.78, 5) is 14.4. The first-order valence-electron chi connectivity index (χ1n) is 7.21. The molecular formula is C14H25NO2. The molecule has 1 saturated carbocycles. The Hall–Kier alpha value is -0.570. The first-order chi connectivity index (χ1) is 8.31. The van der Waals surface area contributed by atoms with Crippen LogP contribution in [0.1, 0.15) is 51.4 Å². The zero-order chi connectivity index (χ0) is 12.1. The average Bonchev–Trinajstić information content (AvgIpc) is 2.40. The molecule has 0 aromatic rings. The van der Waals surface area contributed by atoms with E-state index in [1.807, 2.05) is 0 Å². The van der Waals surface area contributed by atoms with Gasteiger partial charge in [-0.15, -0.1) is 0 Å². The molecule has 1 amide bonds. The van der Waals surface area contributed by atoms with Gasteiger partial charge in [-0.05, 0) is 38.0 Å². The van der Waals surface area contributed by atoms with Crippen LogP contribution in [-0.4, -0.2) is 35.6 Å². The summed E-state index contributed by atoms with van der Waals surface area (Å²) in [6.07, 6.45) is 9.06. The van der Waals surface area contributed by atoms with Gasteiger partial charge in [0.2, 0.25) is 5.91 Å². The maximum absolute atomic E-state index is 12.3. The van der Waals surface area contributed by atoms with E-state index in [2.05, 4.69) is 4.90 Å². The van der Waals surface area contributed by atoms with E-state index in [-0.39, 0.29) is 0 Å². The monoisotopic (exact) mass is 239 g/mol. The van der Waals surface area contributed by atoms with E-state index in [1.54, 1.807) is 0 Å². The molecule has 0 unspecified atom stereocenters. The van der Waals surface area contributed by atoms with Gasteiger partial charge in [0, 0.05) is 25.6 Å². The topological polar surface area (TPSA) is 40.5 Å². The summed E-state index contributed by atoms with van der Waals surface area (Å²) in [5.41, 5.74) is 0. The number of piperidine rings is 1. The minimum Gasteiger partial charge on any atom is -0.396 e. The number of hydrogen-bond acceptors (Lipinski definition) is 2. The standard InChI is InChI=1S/C14H25NO2/c16-11-8-12-6-9-15(10-7-12)14(17)13-4-2-1-3-5-13/h12-13,16H,1-11H2. The second-order valence-corrected chi connectivity index (χ2v) is 5.62. The van der Waals surface area contributed by atoms with Crippen molar-refractivity contribution in [2.45, 2.75) is 51.4 Å². The van der Waals surface area contributed by atoms with Crippen LogP contribution < -0.4 is 0 Å². The highest BCUT2D eigenvalue weighted by atomic mass is 16.3. The van der Waals surface area contributed by atoms with Crippen LogP contribution in [0, 0.1) is 11.8 Å². The third-order valence-corrected chi connectivity index (χ3v) is 4.42. The van der Waals surface area contributed by atoms with Crippen molar-refractivity contribution >= 4 is 5.91 Å². The number of likely N-dealkylation sites (tertiary alicyclic amines) is 1. The lowest BCUT2D eigenvalue weighted by Gasteiger charge is -2.35. The highest BCUT2D eigenvalue weighted by Crippen LogP contribution is 2.28. The third-order valence-electron chi connectivity index (χ3n) is 4.42. The molecule has 0 aromatic heterocycles. The van der Waals surface area contributed by atoms with Gasteiger partial charge in [0.05, 0.1) is 0 Å². The number of hydrogen-bond donors (Lipinski definition) is 1. The zero-order valence-electron chi connectivity index (χ0n) is 10.7. The van der Waals surface area contributed by atoms with E-state index in [9.17, 15) is 4.79 Å². The third kappa shape index (κ3) is 3.44. The van der Waals surface area contributed by atoms with Gasteiger partial charge in [0.25, 0.3) is 0 Å². The van der Waals surface area contributed by atoms with Gasteiger partial charge in [0.15, 0.2) is 0 Å². The summed E-state index contributed by atoms with van der Waals surface area (Å²) in [5.74, 6) is 1.36. The van der Waals surface area contributed by atoms with Crippen molar-refractivity contribution in [3.63, 3.8) is 0 Å². The summed E-state index contributed by atoms with van der Waals surface area (Å²) >= 11 is 0. The van der Waals surface area contributed by atoms with Crippen LogP contribution in [0.25, 0.3) is 0 Å². The molecule has 0 spiro atoms. The molecule has 17 heavy (non-hydrogen) atoms. The van der Waals surface area contributed by atoms with Gasteiger partial charge in [0.1, 0.15) is 0 Å². The Labute approximate surface area is 104 Å². The summed E-state index contributed by atoms with van der Waals surface area (Å²) < 4.78 is 0. The molecule has 2 fully saturated rings. The number of aliphatic hydroxyl groups excluding tert-OH is 1. The molecule has 3 nitrogen and oxygen atoms in total. The smallest absolute Gasteiger partial charge is 0.225 e. The lowest BCUT2D eigenvalue weighted by molar-refractivity contribution is -0.138. The number of amides is 1. The van der Waals surface area contributed by atoms with E-state index in [1.165, 1.54) is 19.3 Å². The fourth-order valence-corrected chi connectivity index (χ4v) is 3.23. The fraction of sp³-hybridized carbons (Fsp3) is 0.929. The number of nitrogens with zero attached hydrogens (tertiary/aromatic N) is 1. The molecule has 0 radical (unpaired) electrons. The van der Waals surface area contributed by atoms with Gasteiger partial charge in [-0.3, -0.25) is 4.79 Å². The predicted octanol–water partition coefficient (Wildman–Crippen LogP) is 2.19. The predicted molar refractivity (Wildman–Crippen MR) is 67.6 cm³/mol. The lowest BCUT2D eigenvalue weighted by Crippen LogP contribution is -2.42. The quantitative estimate of drug-likeness (QED) is 0.820. The van der Waals surface area contributed by atoms with Crippen molar-refractivity contribution in [3.05, 3.63) is 0 Å². The van der Waals surface area contributed by atoms with Crippen LogP contribution in [0.2, 0.25) is 0 Å². The Kier molecular flexibility index (Phi) is 4.84. The maximum atomic E-state index is 12.3. The first-order valence-corrected chi connectivity index (χ1v) is 7.21.